The Kier molecular flexibility index (Phi) is 14.9. The van der Waals surface area contributed by atoms with Crippen molar-refractivity contribution in [1.29, 1.82) is 0 Å². The molecule has 73 heavy (non-hydrogen) atoms. The van der Waals surface area contributed by atoms with Gasteiger partial charge >= 0.3 is 15.6 Å². The summed E-state index contributed by atoms with van der Waals surface area (Å²) in [4.78, 5) is 52.7. The van der Waals surface area contributed by atoms with Crippen molar-refractivity contribution in [1.82, 2.24) is 19.5 Å². The van der Waals surface area contributed by atoms with Crippen LogP contribution < -0.4 is 24.8 Å². The van der Waals surface area contributed by atoms with Crippen molar-refractivity contribution in [3.63, 3.8) is 0 Å². The van der Waals surface area contributed by atoms with E-state index in [1.807, 2.05) is 6.07 Å². The Morgan fingerprint density at radius 2 is 1.47 bits per heavy atom. The number of benzene rings is 4. The number of rotatable bonds is 20. The summed E-state index contributed by atoms with van der Waals surface area (Å²) in [5.41, 5.74) is 10.1. The number of imidazole rings is 1. The lowest BCUT2D eigenvalue weighted by Crippen LogP contribution is -2.42. The minimum Gasteiger partial charge on any atom is -0.756 e. The topological polar surface area (TPSA) is 267 Å². The van der Waals surface area contributed by atoms with Crippen LogP contribution in [0.4, 0.5) is 5.82 Å². The summed E-state index contributed by atoms with van der Waals surface area (Å²) >= 11 is 0. The Morgan fingerprint density at radius 1 is 0.781 bits per heavy atom. The van der Waals surface area contributed by atoms with Crippen LogP contribution in [0.3, 0.4) is 0 Å². The van der Waals surface area contributed by atoms with Gasteiger partial charge in [-0.3, -0.25) is 32.1 Å². The number of phosphoric acid groups is 3. The van der Waals surface area contributed by atoms with Crippen molar-refractivity contribution in [2.75, 3.05) is 19.5 Å². The van der Waals surface area contributed by atoms with Gasteiger partial charge in [-0.15, -0.1) is 0 Å². The van der Waals surface area contributed by atoms with Crippen LogP contribution in [0.15, 0.2) is 116 Å². The van der Waals surface area contributed by atoms with E-state index in [2.05, 4.69) is 26.2 Å². The molecule has 2 N–H and O–H groups in total. The SMILES string of the molecule is COc1ccc(CO[C@@H]2[C@H](OP(=O)(OCc3ccccc3)OCc3ccccc3)[C@@H](COP(=O)([O-])OP(=O)([O-])Oc3ccc4c(c3)CC[C@@H]3[C@@H]4CC[C@]4(C)C(=O)CC[C@@H]34)O[C@H]2n2cnc3c(N)ncnc32)cc1. The Balaban J connectivity index is 0.916. The zero-order chi connectivity index (χ0) is 51.0. The number of anilines is 1. The Morgan fingerprint density at radius 3 is 2.16 bits per heavy atom. The number of ketones is 1. The van der Waals surface area contributed by atoms with Crippen molar-refractivity contribution in [3.05, 3.63) is 144 Å². The van der Waals surface area contributed by atoms with E-state index >= 15 is 4.57 Å². The highest BCUT2D eigenvalue weighted by Gasteiger charge is 2.55. The molecule has 3 fully saturated rings. The van der Waals surface area contributed by atoms with E-state index in [-0.39, 0.29) is 53.9 Å². The molecule has 0 amide bonds. The number of aryl methyl sites for hydroxylation is 1. The number of carbonyl (C=O) groups is 1. The van der Waals surface area contributed by atoms with Crippen molar-refractivity contribution < 1.29 is 69.4 Å². The van der Waals surface area contributed by atoms with E-state index in [1.165, 1.54) is 30.4 Å². The minimum atomic E-state index is -5.82. The molecule has 10 rings (SSSR count). The average Bonchev–Trinajstić information content (AvgIpc) is 4.07. The first kappa shape index (κ1) is 51.3. The summed E-state index contributed by atoms with van der Waals surface area (Å²) in [5.74, 6) is 1.69. The second-order valence-corrected chi connectivity index (χ2v) is 23.4. The summed E-state index contributed by atoms with van der Waals surface area (Å²) in [5, 5.41) is 0. The Labute approximate surface area is 421 Å². The van der Waals surface area contributed by atoms with Crippen molar-refractivity contribution in [2.24, 2.45) is 17.3 Å². The number of fused-ring (bicyclic) bond motifs is 6. The van der Waals surface area contributed by atoms with Gasteiger partial charge < -0.3 is 38.8 Å². The molecule has 6 aromatic rings. The summed E-state index contributed by atoms with van der Waals surface area (Å²) in [6.45, 7) is 0.552. The lowest BCUT2D eigenvalue weighted by molar-refractivity contribution is -0.241. The molecular weight excluding hydrogens is 1000 g/mol. The van der Waals surface area contributed by atoms with Crippen LogP contribution in [0.25, 0.3) is 11.2 Å². The van der Waals surface area contributed by atoms with E-state index in [9.17, 15) is 23.7 Å². The fourth-order valence-electron chi connectivity index (χ4n) is 10.9. The van der Waals surface area contributed by atoms with Gasteiger partial charge in [-0.25, -0.2) is 23.8 Å². The number of methoxy groups -OCH3 is 1. The van der Waals surface area contributed by atoms with Crippen molar-refractivity contribution in [3.8, 4) is 11.5 Å². The van der Waals surface area contributed by atoms with Gasteiger partial charge in [0.1, 0.15) is 47.4 Å². The minimum absolute atomic E-state index is 0.0513. The third-order valence-electron chi connectivity index (χ3n) is 14.5. The molecule has 23 heteroatoms. The van der Waals surface area contributed by atoms with Gasteiger partial charge in [-0.2, -0.15) is 0 Å². The number of nitrogen functional groups attached to an aromatic ring is 1. The van der Waals surface area contributed by atoms with Crippen LogP contribution in [0.2, 0.25) is 0 Å². The number of Topliss-reactive ketones (excluding diaryl/α,β-unsaturated/α-hetero) is 1. The summed E-state index contributed by atoms with van der Waals surface area (Å²) in [6, 6.07) is 29.6. The normalized spacial score (nSPS) is 26.4. The second-order valence-electron chi connectivity index (χ2n) is 18.9. The number of nitrogens with two attached hydrogens (primary N) is 1. The van der Waals surface area contributed by atoms with E-state index in [0.29, 0.717) is 52.9 Å². The quantitative estimate of drug-likeness (QED) is 0.0704. The number of nitrogens with zero attached hydrogens (tertiary/aromatic N) is 4. The number of phosphoric ester groups is 3. The van der Waals surface area contributed by atoms with E-state index in [1.54, 1.807) is 91.0 Å². The summed E-state index contributed by atoms with van der Waals surface area (Å²) in [6.07, 6.45) is 1.45. The zero-order valence-electron chi connectivity index (χ0n) is 39.9. The molecule has 1 aliphatic heterocycles. The Bertz CT molecular complexity index is 3030. The van der Waals surface area contributed by atoms with Gasteiger partial charge in [0.25, 0.3) is 7.82 Å². The highest BCUT2D eigenvalue weighted by atomic mass is 31.3. The molecule has 1 saturated heterocycles. The van der Waals surface area contributed by atoms with E-state index in [0.717, 1.165) is 36.8 Å². The average molecular weight is 1060 g/mol. The molecule has 0 bridgehead atoms. The first-order valence-corrected chi connectivity index (χ1v) is 28.3. The number of aromatic nitrogens is 4. The van der Waals surface area contributed by atoms with Gasteiger partial charge in [0.15, 0.2) is 17.7 Å². The van der Waals surface area contributed by atoms with Crippen LogP contribution in [-0.4, -0.2) is 57.3 Å². The molecule has 386 valence electrons. The largest absolute Gasteiger partial charge is 0.756 e. The summed E-state index contributed by atoms with van der Waals surface area (Å²) < 4.78 is 95.5. The summed E-state index contributed by atoms with van der Waals surface area (Å²) in [7, 11) is -14.7. The molecule has 3 heterocycles. The maximum absolute atomic E-state index is 15.1. The maximum atomic E-state index is 15.1. The molecule has 4 aliphatic rings. The third-order valence-corrected chi connectivity index (χ3v) is 18.4. The number of ether oxygens (including phenoxy) is 3. The van der Waals surface area contributed by atoms with Gasteiger partial charge in [0.05, 0.1) is 39.9 Å². The van der Waals surface area contributed by atoms with Crippen LogP contribution >= 0.6 is 23.5 Å². The predicted octanol–water partition coefficient (Wildman–Crippen LogP) is 8.30. The fourth-order valence-corrected chi connectivity index (χ4v) is 14.3. The van der Waals surface area contributed by atoms with Gasteiger partial charge in [0.2, 0.25) is 0 Å². The molecule has 10 atom stereocenters. The first-order chi connectivity index (χ1) is 35.1. The molecule has 0 spiro atoms. The molecule has 3 aliphatic carbocycles. The van der Waals surface area contributed by atoms with Crippen LogP contribution in [0.5, 0.6) is 11.5 Å². The maximum Gasteiger partial charge on any atom is 0.475 e. The van der Waals surface area contributed by atoms with Crippen molar-refractivity contribution >= 4 is 46.2 Å². The molecule has 4 aromatic carbocycles. The van der Waals surface area contributed by atoms with Gasteiger partial charge in [-0.05, 0) is 102 Å². The predicted molar refractivity (Wildman–Crippen MR) is 259 cm³/mol. The monoisotopic (exact) mass is 1060 g/mol. The lowest BCUT2D eigenvalue weighted by Gasteiger charge is -2.48. The van der Waals surface area contributed by atoms with Crippen LogP contribution in [0, 0.1) is 17.3 Å². The lowest BCUT2D eigenvalue weighted by atomic mass is 9.55. The van der Waals surface area contributed by atoms with Gasteiger partial charge in [0, 0.05) is 11.8 Å². The van der Waals surface area contributed by atoms with Crippen molar-refractivity contribution in [2.45, 2.75) is 95.7 Å². The first-order valence-electron chi connectivity index (χ1n) is 23.9. The number of carbonyl (C=O) groups excluding carboxylic acids is 1. The Hall–Kier alpha value is -5.17. The number of hydrogen-bond acceptors (Lipinski definition) is 19. The fraction of sp³-hybridized carbons (Fsp3) is 0.400. The number of hydrogen-bond donors (Lipinski definition) is 1. The third kappa shape index (κ3) is 11.3. The molecule has 20 nitrogen and oxygen atoms in total. The van der Waals surface area contributed by atoms with E-state index < -0.39 is 54.6 Å². The second kappa shape index (κ2) is 21.2. The smallest absolute Gasteiger partial charge is 0.475 e. The highest BCUT2D eigenvalue weighted by molar-refractivity contribution is 7.60. The van der Waals surface area contributed by atoms with Crippen LogP contribution in [0.1, 0.15) is 79.0 Å². The van der Waals surface area contributed by atoms with Crippen LogP contribution in [-0.2, 0) is 76.6 Å². The van der Waals surface area contributed by atoms with E-state index in [4.69, 9.17) is 42.6 Å². The molecular formula is C50H54N5O15P3-2. The molecule has 2 unspecified atom stereocenters. The standard InChI is InChI=1S/C50H56N5O15P3/c1-50-24-23-39-38-20-18-37(25-35(38)15-19-40(39)41(50)21-22-43(50)56)68-72(59,60)70-71(57,58)64-29-42-45(69-73(61,65-27-32-9-5-3-6-10-32)66-28-33-11-7-4-8-12-33)46(63-26-34-13-16-36(62-2)17-14-34)49(67-42)55-31-54-44-47(51)52-30-53-48(44)55/h3-14,16-18,20,25,30-31,39-42,45-46,49H,15,19,21-24,26-29H2,1-2H3,(H,57,58)(H,59,60)(H2,51,52,53)/p-2/t39-,40-,41+,42-,45-,46-,49-,50+/m1/s1. The molecule has 2 aromatic heterocycles. The zero-order valence-corrected chi connectivity index (χ0v) is 42.6. The van der Waals surface area contributed by atoms with Gasteiger partial charge in [-0.1, -0.05) is 85.8 Å². The highest BCUT2D eigenvalue weighted by Crippen LogP contribution is 2.61. The molecule has 2 saturated carbocycles. The molecule has 0 radical (unpaired) electrons.